The summed E-state index contributed by atoms with van der Waals surface area (Å²) in [6.07, 6.45) is 3.73. The van der Waals surface area contributed by atoms with Crippen LogP contribution in [0.4, 0.5) is 0 Å². The number of carbonyl (C=O) groups excluding carboxylic acids is 4. The van der Waals surface area contributed by atoms with Crippen LogP contribution in [-0.4, -0.2) is 61.4 Å². The fourth-order valence-corrected chi connectivity index (χ4v) is 4.29. The first-order valence-corrected chi connectivity index (χ1v) is 11.3. The molecule has 1 aliphatic carbocycles. The Bertz CT molecular complexity index is 924. The molecule has 1 saturated carbocycles. The van der Waals surface area contributed by atoms with Crippen molar-refractivity contribution in [1.82, 2.24) is 10.2 Å². The first kappa shape index (κ1) is 26.8. The highest BCUT2D eigenvalue weighted by Gasteiger charge is 2.53. The van der Waals surface area contributed by atoms with Gasteiger partial charge in [-0.3, -0.25) is 19.8 Å². The minimum absolute atomic E-state index is 0.0308. The van der Waals surface area contributed by atoms with Gasteiger partial charge in [-0.1, -0.05) is 43.5 Å². The van der Waals surface area contributed by atoms with Crippen LogP contribution in [0, 0.1) is 17.2 Å². The van der Waals surface area contributed by atoms with Gasteiger partial charge in [0, 0.05) is 32.5 Å². The van der Waals surface area contributed by atoms with Gasteiger partial charge in [0.1, 0.15) is 11.8 Å². The number of benzene rings is 1. The maximum Gasteiger partial charge on any atom is 0.372 e. The van der Waals surface area contributed by atoms with Gasteiger partial charge in [-0.25, -0.2) is 4.79 Å². The SMILES string of the molecule is COC(=O)C(NC(=O)[C@H](Cc1ccc(C(=N)N)cc1)C(=O)N(C)C)(OC(C)=O)C1CCCCC1. The van der Waals surface area contributed by atoms with E-state index >= 15 is 0 Å². The number of esters is 2. The van der Waals surface area contributed by atoms with Crippen molar-refractivity contribution in [3.8, 4) is 0 Å². The molecular weight excluding hydrogens is 440 g/mol. The van der Waals surface area contributed by atoms with E-state index in [9.17, 15) is 19.2 Å². The maximum atomic E-state index is 13.5. The summed E-state index contributed by atoms with van der Waals surface area (Å²) >= 11 is 0. The van der Waals surface area contributed by atoms with E-state index in [1.54, 1.807) is 24.3 Å². The zero-order chi connectivity index (χ0) is 25.5. The Hall–Kier alpha value is -3.43. The summed E-state index contributed by atoms with van der Waals surface area (Å²) in [4.78, 5) is 52.7. The summed E-state index contributed by atoms with van der Waals surface area (Å²) in [6, 6.07) is 6.63. The minimum atomic E-state index is -2.01. The van der Waals surface area contributed by atoms with Crippen LogP contribution in [0.25, 0.3) is 0 Å². The van der Waals surface area contributed by atoms with Gasteiger partial charge in [-0.2, -0.15) is 0 Å². The van der Waals surface area contributed by atoms with Gasteiger partial charge in [0.05, 0.1) is 7.11 Å². The molecule has 0 saturated heterocycles. The van der Waals surface area contributed by atoms with Crippen molar-refractivity contribution in [2.75, 3.05) is 21.2 Å². The average molecular weight is 475 g/mol. The molecule has 0 aromatic heterocycles. The fourth-order valence-electron chi connectivity index (χ4n) is 4.29. The summed E-state index contributed by atoms with van der Waals surface area (Å²) < 4.78 is 10.4. The highest BCUT2D eigenvalue weighted by atomic mass is 16.6. The molecule has 1 unspecified atom stereocenters. The number of ether oxygens (including phenoxy) is 2. The van der Waals surface area contributed by atoms with Crippen molar-refractivity contribution < 1.29 is 28.7 Å². The minimum Gasteiger partial charge on any atom is -0.465 e. The molecule has 34 heavy (non-hydrogen) atoms. The molecule has 1 fully saturated rings. The highest BCUT2D eigenvalue weighted by molar-refractivity contribution is 6.02. The number of nitrogens with one attached hydrogen (secondary N) is 2. The van der Waals surface area contributed by atoms with Gasteiger partial charge in [0.15, 0.2) is 0 Å². The normalized spacial score (nSPS) is 16.5. The van der Waals surface area contributed by atoms with E-state index in [0.717, 1.165) is 33.3 Å². The second-order valence-electron chi connectivity index (χ2n) is 8.75. The molecule has 1 aromatic carbocycles. The van der Waals surface area contributed by atoms with Crippen LogP contribution >= 0.6 is 0 Å². The number of rotatable bonds is 9. The lowest BCUT2D eigenvalue weighted by Crippen LogP contribution is -2.64. The van der Waals surface area contributed by atoms with Crippen LogP contribution in [0.1, 0.15) is 50.2 Å². The van der Waals surface area contributed by atoms with Crippen molar-refractivity contribution in [2.24, 2.45) is 17.6 Å². The standard InChI is InChI=1S/C24H34N4O6/c1-15(29)34-24(23(32)33-4,18-8-6-5-7-9-18)27-21(30)19(22(31)28(2)3)14-16-10-12-17(13-11-16)20(25)26/h10-13,18-19H,5-9,14H2,1-4H3,(H3,25,26)(H,27,30)/t19-,24?/m0/s1. The molecule has 0 bridgehead atoms. The van der Waals surface area contributed by atoms with Crippen LogP contribution < -0.4 is 11.1 Å². The number of hydrogen-bond donors (Lipinski definition) is 3. The summed E-state index contributed by atoms with van der Waals surface area (Å²) in [7, 11) is 4.22. The molecule has 2 rings (SSSR count). The molecule has 1 aromatic rings. The Balaban J connectivity index is 2.42. The molecule has 0 spiro atoms. The van der Waals surface area contributed by atoms with Gasteiger partial charge < -0.3 is 25.4 Å². The summed E-state index contributed by atoms with van der Waals surface area (Å²) in [5.74, 6) is -4.61. The fraction of sp³-hybridized carbons (Fsp3) is 0.542. The van der Waals surface area contributed by atoms with Gasteiger partial charge >= 0.3 is 11.9 Å². The summed E-state index contributed by atoms with van der Waals surface area (Å²) in [6.45, 7) is 1.16. The van der Waals surface area contributed by atoms with Crippen LogP contribution in [0.15, 0.2) is 24.3 Å². The molecule has 2 atom stereocenters. The Labute approximate surface area is 199 Å². The van der Waals surface area contributed by atoms with Gasteiger partial charge in [-0.05, 0) is 24.8 Å². The third kappa shape index (κ3) is 6.33. The number of carbonyl (C=O) groups is 4. The Morgan fingerprint density at radius 2 is 1.74 bits per heavy atom. The predicted molar refractivity (Wildman–Crippen MR) is 125 cm³/mol. The Kier molecular flexibility index (Phi) is 9.17. The Morgan fingerprint density at radius 3 is 2.21 bits per heavy atom. The summed E-state index contributed by atoms with van der Waals surface area (Å²) in [5.41, 5.74) is 4.66. The van der Waals surface area contributed by atoms with E-state index in [4.69, 9.17) is 20.6 Å². The lowest BCUT2D eigenvalue weighted by molar-refractivity contribution is -0.196. The molecule has 1 aliphatic rings. The first-order chi connectivity index (χ1) is 16.0. The van der Waals surface area contributed by atoms with Crippen LogP contribution in [0.2, 0.25) is 0 Å². The van der Waals surface area contributed by atoms with E-state index in [1.807, 2.05) is 0 Å². The maximum absolute atomic E-state index is 13.5. The molecule has 186 valence electrons. The van der Waals surface area contributed by atoms with Crippen LogP contribution in [0.5, 0.6) is 0 Å². The number of methoxy groups -OCH3 is 1. The predicted octanol–water partition coefficient (Wildman–Crippen LogP) is 1.35. The topological polar surface area (TPSA) is 152 Å². The number of hydrogen-bond acceptors (Lipinski definition) is 7. The number of nitrogen functional groups attached to an aromatic ring is 1. The Morgan fingerprint density at radius 1 is 1.15 bits per heavy atom. The molecule has 0 heterocycles. The zero-order valence-corrected chi connectivity index (χ0v) is 20.2. The molecular formula is C24H34N4O6. The van der Waals surface area contributed by atoms with E-state index in [1.165, 1.54) is 19.0 Å². The van der Waals surface area contributed by atoms with E-state index < -0.39 is 41.3 Å². The largest absolute Gasteiger partial charge is 0.465 e. The number of amidine groups is 1. The second-order valence-corrected chi connectivity index (χ2v) is 8.75. The lowest BCUT2D eigenvalue weighted by atomic mass is 9.80. The van der Waals surface area contributed by atoms with Gasteiger partial charge in [-0.15, -0.1) is 0 Å². The molecule has 4 N–H and O–H groups in total. The zero-order valence-electron chi connectivity index (χ0n) is 20.2. The van der Waals surface area contributed by atoms with Crippen molar-refractivity contribution in [2.45, 2.75) is 51.2 Å². The average Bonchev–Trinajstić information content (AvgIpc) is 2.81. The van der Waals surface area contributed by atoms with Crippen molar-refractivity contribution in [3.63, 3.8) is 0 Å². The van der Waals surface area contributed by atoms with Crippen LogP contribution in [-0.2, 0) is 35.1 Å². The van der Waals surface area contributed by atoms with Gasteiger partial charge in [0.2, 0.25) is 11.8 Å². The monoisotopic (exact) mass is 474 g/mol. The van der Waals surface area contributed by atoms with Gasteiger partial charge in [0.25, 0.3) is 5.72 Å². The molecule has 0 aliphatic heterocycles. The lowest BCUT2D eigenvalue weighted by Gasteiger charge is -2.40. The van der Waals surface area contributed by atoms with Crippen molar-refractivity contribution >= 4 is 29.6 Å². The number of amides is 2. The second kappa shape index (κ2) is 11.6. The van der Waals surface area contributed by atoms with E-state index in [0.29, 0.717) is 24.0 Å². The van der Waals surface area contributed by atoms with Crippen molar-refractivity contribution in [3.05, 3.63) is 35.4 Å². The van der Waals surface area contributed by atoms with E-state index in [2.05, 4.69) is 5.32 Å². The molecule has 0 radical (unpaired) electrons. The number of nitrogens with two attached hydrogens (primary N) is 1. The number of nitrogens with zero attached hydrogens (tertiary/aromatic N) is 1. The quantitative estimate of drug-likeness (QED) is 0.161. The first-order valence-electron chi connectivity index (χ1n) is 11.3. The third-order valence-corrected chi connectivity index (χ3v) is 6.04. The molecule has 10 heteroatoms. The van der Waals surface area contributed by atoms with Crippen LogP contribution in [0.3, 0.4) is 0 Å². The third-order valence-electron chi connectivity index (χ3n) is 6.04. The van der Waals surface area contributed by atoms with Crippen molar-refractivity contribution in [1.29, 1.82) is 5.41 Å². The molecule has 2 amide bonds. The van der Waals surface area contributed by atoms with E-state index in [-0.39, 0.29) is 12.3 Å². The summed E-state index contributed by atoms with van der Waals surface area (Å²) in [5, 5.41) is 10.1. The molecule has 10 nitrogen and oxygen atoms in total. The smallest absolute Gasteiger partial charge is 0.372 e. The highest BCUT2D eigenvalue weighted by Crippen LogP contribution is 2.35.